The van der Waals surface area contributed by atoms with Gasteiger partial charge < -0.3 is 24.8 Å². The molecule has 20 heavy (non-hydrogen) atoms. The number of nitrogens with one attached hydrogen (secondary N) is 2. The first-order chi connectivity index (χ1) is 9.36. The van der Waals surface area contributed by atoms with Gasteiger partial charge in [-0.3, -0.25) is 4.99 Å². The molecule has 0 aromatic rings. The van der Waals surface area contributed by atoms with Gasteiger partial charge in [0.15, 0.2) is 5.96 Å². The lowest BCUT2D eigenvalue weighted by Crippen LogP contribution is -2.39. The molecule has 1 atom stereocenters. The summed E-state index contributed by atoms with van der Waals surface area (Å²) in [5, 5.41) is 6.42. The number of rotatable bonds is 9. The van der Waals surface area contributed by atoms with Crippen LogP contribution in [0.25, 0.3) is 0 Å². The Morgan fingerprint density at radius 3 is 2.75 bits per heavy atom. The first-order valence-corrected chi connectivity index (χ1v) is 6.99. The summed E-state index contributed by atoms with van der Waals surface area (Å²) in [4.78, 5) is 4.13. The molecular formula is C13H28IN3O3. The zero-order valence-electron chi connectivity index (χ0n) is 12.5. The van der Waals surface area contributed by atoms with Gasteiger partial charge in [-0.05, 0) is 19.3 Å². The van der Waals surface area contributed by atoms with E-state index in [1.54, 1.807) is 14.2 Å². The molecule has 1 fully saturated rings. The van der Waals surface area contributed by atoms with E-state index in [0.717, 1.165) is 51.5 Å². The fourth-order valence-electron chi connectivity index (χ4n) is 1.88. The molecule has 6 nitrogen and oxygen atoms in total. The SMILES string of the molecule is CN=C(NCCCOC)NCCOCC1CCCO1.I. The Kier molecular flexibility index (Phi) is 13.8. The molecule has 1 aliphatic heterocycles. The smallest absolute Gasteiger partial charge is 0.191 e. The summed E-state index contributed by atoms with van der Waals surface area (Å²) in [7, 11) is 3.47. The molecule has 0 spiro atoms. The Morgan fingerprint density at radius 2 is 2.10 bits per heavy atom. The second kappa shape index (κ2) is 13.8. The van der Waals surface area contributed by atoms with Crippen molar-refractivity contribution in [3.8, 4) is 0 Å². The Bertz CT molecular complexity index is 249. The molecule has 1 heterocycles. The number of hydrogen-bond acceptors (Lipinski definition) is 4. The van der Waals surface area contributed by atoms with Gasteiger partial charge in [0.25, 0.3) is 0 Å². The summed E-state index contributed by atoms with van der Waals surface area (Å²) in [6.07, 6.45) is 3.54. The number of aliphatic imine (C=N–C) groups is 1. The summed E-state index contributed by atoms with van der Waals surface area (Å²) in [5.41, 5.74) is 0. The van der Waals surface area contributed by atoms with E-state index in [1.807, 2.05) is 0 Å². The Labute approximate surface area is 139 Å². The van der Waals surface area contributed by atoms with Gasteiger partial charge in [-0.1, -0.05) is 0 Å². The summed E-state index contributed by atoms with van der Waals surface area (Å²) in [6, 6.07) is 0. The van der Waals surface area contributed by atoms with Crippen molar-refractivity contribution < 1.29 is 14.2 Å². The van der Waals surface area contributed by atoms with Crippen LogP contribution in [0.1, 0.15) is 19.3 Å². The van der Waals surface area contributed by atoms with Crippen LogP contribution in [-0.4, -0.2) is 65.7 Å². The van der Waals surface area contributed by atoms with Crippen LogP contribution in [0.2, 0.25) is 0 Å². The van der Waals surface area contributed by atoms with Crippen molar-refractivity contribution in [2.45, 2.75) is 25.4 Å². The highest BCUT2D eigenvalue weighted by Gasteiger charge is 2.14. The van der Waals surface area contributed by atoms with E-state index >= 15 is 0 Å². The van der Waals surface area contributed by atoms with Crippen molar-refractivity contribution in [3.63, 3.8) is 0 Å². The van der Waals surface area contributed by atoms with Crippen molar-refractivity contribution in [1.82, 2.24) is 10.6 Å². The summed E-state index contributed by atoms with van der Waals surface area (Å²) >= 11 is 0. The molecule has 2 N–H and O–H groups in total. The van der Waals surface area contributed by atoms with Crippen LogP contribution >= 0.6 is 24.0 Å². The molecule has 120 valence electrons. The third kappa shape index (κ3) is 9.73. The molecule has 0 bridgehead atoms. The third-order valence-corrected chi connectivity index (χ3v) is 2.91. The maximum Gasteiger partial charge on any atom is 0.191 e. The number of halogens is 1. The highest BCUT2D eigenvalue weighted by atomic mass is 127. The minimum absolute atomic E-state index is 0. The molecule has 1 unspecified atom stereocenters. The van der Waals surface area contributed by atoms with Gasteiger partial charge >= 0.3 is 0 Å². The fraction of sp³-hybridized carbons (Fsp3) is 0.923. The first kappa shape index (κ1) is 19.9. The van der Waals surface area contributed by atoms with Gasteiger partial charge in [-0.2, -0.15) is 0 Å². The number of ether oxygens (including phenoxy) is 3. The van der Waals surface area contributed by atoms with Gasteiger partial charge in [-0.15, -0.1) is 24.0 Å². The minimum Gasteiger partial charge on any atom is -0.385 e. The van der Waals surface area contributed by atoms with Crippen molar-refractivity contribution in [2.75, 3.05) is 53.7 Å². The van der Waals surface area contributed by atoms with Gasteiger partial charge in [0.05, 0.1) is 19.3 Å². The first-order valence-electron chi connectivity index (χ1n) is 6.99. The van der Waals surface area contributed by atoms with E-state index in [1.165, 1.54) is 0 Å². The van der Waals surface area contributed by atoms with E-state index in [2.05, 4.69) is 15.6 Å². The zero-order chi connectivity index (χ0) is 13.8. The second-order valence-corrected chi connectivity index (χ2v) is 4.48. The Hall–Kier alpha value is -0.120. The Balaban J connectivity index is 0.00000361. The van der Waals surface area contributed by atoms with Crippen LogP contribution in [0.15, 0.2) is 4.99 Å². The van der Waals surface area contributed by atoms with E-state index in [-0.39, 0.29) is 24.0 Å². The lowest BCUT2D eigenvalue weighted by molar-refractivity contribution is 0.0191. The number of guanidine groups is 1. The normalized spacial score (nSPS) is 18.7. The van der Waals surface area contributed by atoms with Crippen molar-refractivity contribution in [2.24, 2.45) is 4.99 Å². The van der Waals surface area contributed by atoms with E-state index in [9.17, 15) is 0 Å². The van der Waals surface area contributed by atoms with Gasteiger partial charge in [0.2, 0.25) is 0 Å². The van der Waals surface area contributed by atoms with Crippen molar-refractivity contribution in [1.29, 1.82) is 0 Å². The predicted molar refractivity (Wildman–Crippen MR) is 91.1 cm³/mol. The van der Waals surface area contributed by atoms with Crippen LogP contribution in [0.3, 0.4) is 0 Å². The average molecular weight is 401 g/mol. The maximum atomic E-state index is 5.57. The maximum absolute atomic E-state index is 5.57. The van der Waals surface area contributed by atoms with Gasteiger partial charge in [0.1, 0.15) is 0 Å². The lowest BCUT2D eigenvalue weighted by Gasteiger charge is -2.13. The van der Waals surface area contributed by atoms with E-state index < -0.39 is 0 Å². The topological polar surface area (TPSA) is 64.1 Å². The Morgan fingerprint density at radius 1 is 1.30 bits per heavy atom. The van der Waals surface area contributed by atoms with Crippen molar-refractivity contribution in [3.05, 3.63) is 0 Å². The largest absolute Gasteiger partial charge is 0.385 e. The molecular weight excluding hydrogens is 373 g/mol. The average Bonchev–Trinajstić information content (AvgIpc) is 2.94. The molecule has 0 aromatic carbocycles. The molecule has 0 saturated carbocycles. The molecule has 0 radical (unpaired) electrons. The number of hydrogen-bond donors (Lipinski definition) is 2. The molecule has 1 rings (SSSR count). The summed E-state index contributed by atoms with van der Waals surface area (Å²) in [6.45, 7) is 4.60. The van der Waals surface area contributed by atoms with Crippen LogP contribution in [-0.2, 0) is 14.2 Å². The zero-order valence-corrected chi connectivity index (χ0v) is 14.9. The van der Waals surface area contributed by atoms with Crippen LogP contribution in [0.4, 0.5) is 0 Å². The summed E-state index contributed by atoms with van der Waals surface area (Å²) < 4.78 is 16.0. The van der Waals surface area contributed by atoms with Gasteiger partial charge in [0, 0.05) is 40.5 Å². The second-order valence-electron chi connectivity index (χ2n) is 4.48. The molecule has 0 aromatic heterocycles. The van der Waals surface area contributed by atoms with Crippen molar-refractivity contribution >= 4 is 29.9 Å². The van der Waals surface area contributed by atoms with Crippen LogP contribution < -0.4 is 10.6 Å². The standard InChI is InChI=1S/C13H27N3O3.HI/c1-14-13(15-6-4-8-17-2)16-7-10-18-11-12-5-3-9-19-12;/h12H,3-11H2,1-2H3,(H2,14,15,16);1H. The fourth-order valence-corrected chi connectivity index (χ4v) is 1.88. The molecule has 7 heteroatoms. The quantitative estimate of drug-likeness (QED) is 0.261. The van der Waals surface area contributed by atoms with E-state index in [0.29, 0.717) is 19.3 Å². The van der Waals surface area contributed by atoms with Crippen LogP contribution in [0.5, 0.6) is 0 Å². The minimum atomic E-state index is 0. The van der Waals surface area contributed by atoms with Crippen LogP contribution in [0, 0.1) is 0 Å². The van der Waals surface area contributed by atoms with E-state index in [4.69, 9.17) is 14.2 Å². The number of methoxy groups -OCH3 is 1. The molecule has 1 aliphatic rings. The highest BCUT2D eigenvalue weighted by Crippen LogP contribution is 2.11. The molecule has 1 saturated heterocycles. The third-order valence-electron chi connectivity index (χ3n) is 2.91. The molecule has 0 aliphatic carbocycles. The lowest BCUT2D eigenvalue weighted by atomic mass is 10.2. The molecule has 0 amide bonds. The van der Waals surface area contributed by atoms with Gasteiger partial charge in [-0.25, -0.2) is 0 Å². The predicted octanol–water partition coefficient (Wildman–Crippen LogP) is 1.00. The highest BCUT2D eigenvalue weighted by molar-refractivity contribution is 14.0. The monoisotopic (exact) mass is 401 g/mol. The number of nitrogens with zero attached hydrogens (tertiary/aromatic N) is 1. The summed E-state index contributed by atoms with van der Waals surface area (Å²) in [5.74, 6) is 0.803.